The van der Waals surface area contributed by atoms with Gasteiger partial charge in [0.05, 0.1) is 24.1 Å². The van der Waals surface area contributed by atoms with Crippen LogP contribution in [0.3, 0.4) is 0 Å². The number of imidazole rings is 1. The predicted molar refractivity (Wildman–Crippen MR) is 82.4 cm³/mol. The molecule has 8 nitrogen and oxygen atoms in total. The number of carbonyl (C=O) groups is 1. The lowest BCUT2D eigenvalue weighted by molar-refractivity contribution is 0.107. The van der Waals surface area contributed by atoms with Crippen LogP contribution in [0.5, 0.6) is 0 Å². The summed E-state index contributed by atoms with van der Waals surface area (Å²) in [5.41, 5.74) is 0.572. The summed E-state index contributed by atoms with van der Waals surface area (Å²) in [5, 5.41) is 0. The van der Waals surface area contributed by atoms with Crippen molar-refractivity contribution in [1.29, 1.82) is 0 Å². The number of rotatable bonds is 5. The van der Waals surface area contributed by atoms with Crippen molar-refractivity contribution >= 4 is 21.9 Å². The van der Waals surface area contributed by atoms with Crippen molar-refractivity contribution in [3.05, 3.63) is 36.4 Å². The zero-order valence-corrected chi connectivity index (χ0v) is 13.4. The summed E-state index contributed by atoms with van der Waals surface area (Å²) >= 11 is 0. The van der Waals surface area contributed by atoms with E-state index >= 15 is 0 Å². The van der Waals surface area contributed by atoms with Crippen LogP contribution >= 0.6 is 0 Å². The van der Waals surface area contributed by atoms with Gasteiger partial charge in [0.2, 0.25) is 0 Å². The highest BCUT2D eigenvalue weighted by Gasteiger charge is 2.33. The number of H-pyrrole nitrogens is 1. The Morgan fingerprint density at radius 1 is 1.50 bits per heavy atom. The number of nitrogens with one attached hydrogen (secondary N) is 1. The summed E-state index contributed by atoms with van der Waals surface area (Å²) in [6.45, 7) is -0.220. The quantitative estimate of drug-likeness (QED) is 0.816. The summed E-state index contributed by atoms with van der Waals surface area (Å²) in [6.07, 6.45) is 2.55. The van der Waals surface area contributed by atoms with E-state index in [9.17, 15) is 17.6 Å². The minimum absolute atomic E-state index is 0.0634. The smallest absolute Gasteiger partial charge is 0.414 e. The van der Waals surface area contributed by atoms with E-state index in [0.717, 1.165) is 6.26 Å². The Morgan fingerprint density at radius 2 is 2.29 bits per heavy atom. The summed E-state index contributed by atoms with van der Waals surface area (Å²) < 4.78 is 45.9. The van der Waals surface area contributed by atoms with Gasteiger partial charge in [-0.25, -0.2) is 14.2 Å². The first-order valence-corrected chi connectivity index (χ1v) is 8.77. The fourth-order valence-electron chi connectivity index (χ4n) is 2.30. The summed E-state index contributed by atoms with van der Waals surface area (Å²) in [6, 6.07) is 4.25. The maximum atomic E-state index is 14.3. The lowest BCUT2D eigenvalue weighted by Crippen LogP contribution is -2.26. The van der Waals surface area contributed by atoms with E-state index in [1.165, 1.54) is 23.2 Å². The highest BCUT2D eigenvalue weighted by Crippen LogP contribution is 2.27. The first kappa shape index (κ1) is 16.4. The van der Waals surface area contributed by atoms with E-state index in [1.54, 1.807) is 12.3 Å². The summed E-state index contributed by atoms with van der Waals surface area (Å²) in [4.78, 5) is 19.9. The van der Waals surface area contributed by atoms with Crippen molar-refractivity contribution in [2.24, 2.45) is 0 Å². The van der Waals surface area contributed by atoms with E-state index < -0.39 is 28.1 Å². The molecule has 1 aliphatic rings. The molecule has 1 fully saturated rings. The fraction of sp³-hybridized carbons (Fsp3) is 0.286. The molecule has 1 atom stereocenters. The minimum Gasteiger partial charge on any atom is -0.441 e. The highest BCUT2D eigenvalue weighted by molar-refractivity contribution is 7.85. The molecule has 0 unspecified atom stereocenters. The number of carbonyl (C=O) groups excluding carboxylic acids is 1. The number of aromatic amines is 1. The van der Waals surface area contributed by atoms with Gasteiger partial charge in [0, 0.05) is 12.4 Å². The molecule has 128 valence electrons. The van der Waals surface area contributed by atoms with E-state index in [-0.39, 0.29) is 18.7 Å². The Kier molecular flexibility index (Phi) is 4.24. The number of nitrogens with zero attached hydrogens (tertiary/aromatic N) is 2. The molecular formula is C14H14FN3O5S. The molecule has 0 bridgehead atoms. The van der Waals surface area contributed by atoms with Gasteiger partial charge in [0.1, 0.15) is 24.4 Å². The number of ether oxygens (including phenoxy) is 1. The fourth-order valence-corrected chi connectivity index (χ4v) is 2.69. The van der Waals surface area contributed by atoms with Crippen LogP contribution in [-0.2, 0) is 19.0 Å². The topological polar surface area (TPSA) is 102 Å². The standard InChI is InChI=1S/C14H14FN3O5S/c1-24(20,21)22-8-10-7-18(14(19)23-10)9-2-3-11(12(15)6-9)13-16-4-5-17-13/h2-6,10H,7-8H2,1H3,(H,16,17)/t10-/m1/s1. The molecule has 0 spiro atoms. The molecule has 1 saturated heterocycles. The molecule has 10 heteroatoms. The van der Waals surface area contributed by atoms with Crippen molar-refractivity contribution < 1.29 is 26.5 Å². The van der Waals surface area contributed by atoms with Gasteiger partial charge in [-0.15, -0.1) is 0 Å². The van der Waals surface area contributed by atoms with Gasteiger partial charge in [-0.05, 0) is 18.2 Å². The summed E-state index contributed by atoms with van der Waals surface area (Å²) in [5.74, 6) is -0.173. The molecule has 2 aromatic rings. The predicted octanol–water partition coefficient (Wildman–Crippen LogP) is 1.52. The molecule has 0 saturated carbocycles. The number of anilines is 1. The second-order valence-electron chi connectivity index (χ2n) is 5.21. The van der Waals surface area contributed by atoms with Crippen molar-refractivity contribution in [3.63, 3.8) is 0 Å². The van der Waals surface area contributed by atoms with Gasteiger partial charge in [0.15, 0.2) is 0 Å². The monoisotopic (exact) mass is 355 g/mol. The zero-order valence-electron chi connectivity index (χ0n) is 12.6. The number of benzene rings is 1. The second-order valence-corrected chi connectivity index (χ2v) is 6.85. The van der Waals surface area contributed by atoms with Crippen LogP contribution in [0.15, 0.2) is 30.6 Å². The number of aromatic nitrogens is 2. The van der Waals surface area contributed by atoms with Gasteiger partial charge in [-0.1, -0.05) is 0 Å². The Bertz CT molecular complexity index is 853. The molecule has 0 aliphatic carbocycles. The third-order valence-corrected chi connectivity index (χ3v) is 3.92. The maximum absolute atomic E-state index is 14.3. The minimum atomic E-state index is -3.63. The number of amides is 1. The Morgan fingerprint density at radius 3 is 2.92 bits per heavy atom. The first-order valence-electron chi connectivity index (χ1n) is 6.95. The lowest BCUT2D eigenvalue weighted by atomic mass is 10.1. The first-order chi connectivity index (χ1) is 11.3. The van der Waals surface area contributed by atoms with Crippen LogP contribution in [0.25, 0.3) is 11.4 Å². The number of halogens is 1. The van der Waals surface area contributed by atoms with Crippen molar-refractivity contribution in [2.45, 2.75) is 6.10 Å². The van der Waals surface area contributed by atoms with E-state index in [1.807, 2.05) is 0 Å². The maximum Gasteiger partial charge on any atom is 0.414 e. The molecule has 1 aliphatic heterocycles. The van der Waals surface area contributed by atoms with E-state index in [0.29, 0.717) is 11.5 Å². The highest BCUT2D eigenvalue weighted by atomic mass is 32.2. The Hall–Kier alpha value is -2.46. The third kappa shape index (κ3) is 3.54. The van der Waals surface area contributed by atoms with Crippen LogP contribution < -0.4 is 4.90 Å². The number of cyclic esters (lactones) is 1. The van der Waals surface area contributed by atoms with Gasteiger partial charge in [-0.2, -0.15) is 8.42 Å². The van der Waals surface area contributed by atoms with Crippen LogP contribution in [0.2, 0.25) is 0 Å². The van der Waals surface area contributed by atoms with Crippen molar-refractivity contribution in [3.8, 4) is 11.4 Å². The van der Waals surface area contributed by atoms with E-state index in [2.05, 4.69) is 14.2 Å². The van der Waals surface area contributed by atoms with Crippen molar-refractivity contribution in [2.75, 3.05) is 24.3 Å². The van der Waals surface area contributed by atoms with Crippen LogP contribution in [0.1, 0.15) is 0 Å². The van der Waals surface area contributed by atoms with Gasteiger partial charge in [0.25, 0.3) is 10.1 Å². The molecule has 1 aromatic carbocycles. The molecule has 1 amide bonds. The number of hydrogen-bond donors (Lipinski definition) is 1. The number of hydrogen-bond acceptors (Lipinski definition) is 6. The largest absolute Gasteiger partial charge is 0.441 e. The third-order valence-electron chi connectivity index (χ3n) is 3.36. The van der Waals surface area contributed by atoms with Crippen molar-refractivity contribution in [1.82, 2.24) is 9.97 Å². The molecule has 0 radical (unpaired) electrons. The van der Waals surface area contributed by atoms with Gasteiger partial charge >= 0.3 is 6.09 Å². The van der Waals surface area contributed by atoms with Gasteiger partial charge < -0.3 is 9.72 Å². The van der Waals surface area contributed by atoms with E-state index in [4.69, 9.17) is 4.74 Å². The molecule has 24 heavy (non-hydrogen) atoms. The normalized spacial score (nSPS) is 18.0. The lowest BCUT2D eigenvalue weighted by Gasteiger charge is -2.14. The van der Waals surface area contributed by atoms with Gasteiger partial charge in [-0.3, -0.25) is 9.08 Å². The average molecular weight is 355 g/mol. The van der Waals surface area contributed by atoms with Crippen LogP contribution in [0.4, 0.5) is 14.9 Å². The van der Waals surface area contributed by atoms with Crippen LogP contribution in [0, 0.1) is 5.82 Å². The zero-order chi connectivity index (χ0) is 17.3. The molecule has 1 N–H and O–H groups in total. The average Bonchev–Trinajstić information content (AvgIpc) is 3.14. The second kappa shape index (κ2) is 6.21. The molecular weight excluding hydrogens is 341 g/mol. The SMILES string of the molecule is CS(=O)(=O)OC[C@H]1CN(c2ccc(-c3ncc[nH]3)c(F)c2)C(=O)O1. The van der Waals surface area contributed by atoms with Crippen LogP contribution in [-0.4, -0.2) is 50.0 Å². The Balaban J connectivity index is 1.75. The molecule has 3 rings (SSSR count). The molecule has 2 heterocycles. The summed E-state index contributed by atoms with van der Waals surface area (Å²) in [7, 11) is -3.63. The molecule has 1 aromatic heterocycles. The Labute approximate surface area is 137 Å².